The van der Waals surface area contributed by atoms with Gasteiger partial charge in [-0.05, 0) is 45.6 Å². The molecule has 0 bridgehead atoms. The van der Waals surface area contributed by atoms with E-state index in [2.05, 4.69) is 17.2 Å². The van der Waals surface area contributed by atoms with Crippen molar-refractivity contribution in [3.63, 3.8) is 0 Å². The monoisotopic (exact) mass is 227 g/mol. The highest BCUT2D eigenvalue weighted by Gasteiger charge is 1.87. The Kier molecular flexibility index (Phi) is 12.0. The van der Waals surface area contributed by atoms with Gasteiger partial charge in [-0.15, -0.1) is 0 Å². The third kappa shape index (κ3) is 22.8. The van der Waals surface area contributed by atoms with Crippen molar-refractivity contribution >= 4 is 11.8 Å². The molecule has 0 aromatic heterocycles. The van der Waals surface area contributed by atoms with Gasteiger partial charge in [-0.3, -0.25) is 9.59 Å². The maximum atomic E-state index is 10.2. The largest absolute Gasteiger partial charge is 0.366 e. The molecule has 0 unspecified atom stereocenters. The van der Waals surface area contributed by atoms with Gasteiger partial charge in [0.1, 0.15) is 0 Å². The first kappa shape index (κ1) is 16.8. The molecule has 0 aromatic rings. The average molecular weight is 227 g/mol. The maximum Gasteiger partial charge on any atom is 0.241 e. The zero-order valence-corrected chi connectivity index (χ0v) is 9.98. The number of nitrogens with zero attached hydrogens (tertiary/aromatic N) is 1. The summed E-state index contributed by atoms with van der Waals surface area (Å²) in [5, 5.41) is 0. The van der Waals surface area contributed by atoms with Crippen LogP contribution in [-0.2, 0) is 9.59 Å². The van der Waals surface area contributed by atoms with Crippen LogP contribution in [0.5, 0.6) is 0 Å². The van der Waals surface area contributed by atoms with E-state index < -0.39 is 5.91 Å². The molecule has 5 nitrogen and oxygen atoms in total. The van der Waals surface area contributed by atoms with Gasteiger partial charge in [0.15, 0.2) is 0 Å². The third-order valence-corrected chi connectivity index (χ3v) is 1.46. The number of primary amides is 2. The van der Waals surface area contributed by atoms with Crippen LogP contribution >= 0.6 is 0 Å². The topological polar surface area (TPSA) is 89.4 Å². The molecule has 0 spiro atoms. The minimum Gasteiger partial charge on any atom is -0.366 e. The molecule has 0 aliphatic rings. The molecule has 0 atom stereocenters. The van der Waals surface area contributed by atoms with Crippen LogP contribution in [0.3, 0.4) is 0 Å². The van der Waals surface area contributed by atoms with Crippen LogP contribution in [0.25, 0.3) is 0 Å². The van der Waals surface area contributed by atoms with Gasteiger partial charge in [0, 0.05) is 0 Å². The summed E-state index contributed by atoms with van der Waals surface area (Å²) < 4.78 is 0. The molecular formula is C11H21N3O2. The quantitative estimate of drug-likeness (QED) is 0.495. The van der Waals surface area contributed by atoms with Gasteiger partial charge in [0.25, 0.3) is 0 Å². The predicted molar refractivity (Wildman–Crippen MR) is 65.5 cm³/mol. The molecule has 16 heavy (non-hydrogen) atoms. The van der Waals surface area contributed by atoms with Gasteiger partial charge >= 0.3 is 0 Å². The first-order valence-corrected chi connectivity index (χ1v) is 4.92. The highest BCUT2D eigenvalue weighted by atomic mass is 16.1. The Balaban J connectivity index is 0. The Morgan fingerprint density at radius 1 is 1.25 bits per heavy atom. The average Bonchev–Trinajstić information content (AvgIpc) is 2.17. The van der Waals surface area contributed by atoms with E-state index in [-0.39, 0.29) is 5.91 Å². The van der Waals surface area contributed by atoms with Gasteiger partial charge in [-0.2, -0.15) is 0 Å². The molecule has 0 saturated heterocycles. The molecule has 92 valence electrons. The molecule has 0 rings (SSSR count). The van der Waals surface area contributed by atoms with Gasteiger partial charge < -0.3 is 16.4 Å². The molecule has 0 fully saturated rings. The van der Waals surface area contributed by atoms with Crippen LogP contribution in [0.4, 0.5) is 0 Å². The Labute approximate surface area is 96.8 Å². The Morgan fingerprint density at radius 2 is 1.75 bits per heavy atom. The van der Waals surface area contributed by atoms with Gasteiger partial charge in [-0.25, -0.2) is 0 Å². The van der Waals surface area contributed by atoms with E-state index in [0.29, 0.717) is 0 Å². The van der Waals surface area contributed by atoms with Crippen LogP contribution in [-0.4, -0.2) is 37.4 Å². The summed E-state index contributed by atoms with van der Waals surface area (Å²) in [6.45, 7) is 4.13. The number of amides is 2. The number of nitrogens with two attached hydrogens (primary N) is 2. The second-order valence-electron chi connectivity index (χ2n) is 3.36. The number of carbonyl (C=O) groups is 2. The van der Waals surface area contributed by atoms with E-state index in [1.807, 2.05) is 20.2 Å². The fourth-order valence-corrected chi connectivity index (χ4v) is 0.725. The summed E-state index contributed by atoms with van der Waals surface area (Å²) in [5.74, 6) is -0.847. The SMILES string of the molecule is C=CC(N)=O.CN(C)CCCC=CC(N)=O. The van der Waals surface area contributed by atoms with Crippen LogP contribution < -0.4 is 11.5 Å². The zero-order chi connectivity index (χ0) is 13.0. The van der Waals surface area contributed by atoms with Crippen LogP contribution in [0.15, 0.2) is 24.8 Å². The molecule has 2 amide bonds. The lowest BCUT2D eigenvalue weighted by Crippen LogP contribution is -2.12. The second kappa shape index (κ2) is 11.5. The minimum absolute atomic E-state index is 0.366. The highest BCUT2D eigenvalue weighted by Crippen LogP contribution is 1.91. The van der Waals surface area contributed by atoms with Crippen molar-refractivity contribution < 1.29 is 9.59 Å². The molecule has 0 saturated carbocycles. The number of unbranched alkanes of at least 4 members (excludes halogenated alkanes) is 1. The van der Waals surface area contributed by atoms with E-state index >= 15 is 0 Å². The summed E-state index contributed by atoms with van der Waals surface area (Å²) in [5.41, 5.74) is 9.43. The van der Waals surface area contributed by atoms with Crippen LogP contribution in [0.1, 0.15) is 12.8 Å². The Bertz CT molecular complexity index is 248. The highest BCUT2D eigenvalue weighted by molar-refractivity contribution is 5.85. The molecule has 0 radical (unpaired) electrons. The van der Waals surface area contributed by atoms with Gasteiger partial charge in [0.05, 0.1) is 0 Å². The van der Waals surface area contributed by atoms with E-state index in [0.717, 1.165) is 25.5 Å². The van der Waals surface area contributed by atoms with Crippen molar-refractivity contribution in [2.24, 2.45) is 11.5 Å². The van der Waals surface area contributed by atoms with Gasteiger partial charge in [-0.1, -0.05) is 12.7 Å². The maximum absolute atomic E-state index is 10.2. The van der Waals surface area contributed by atoms with E-state index in [9.17, 15) is 9.59 Å². The molecule has 0 aliphatic heterocycles. The molecule has 0 heterocycles. The van der Waals surface area contributed by atoms with Crippen LogP contribution in [0, 0.1) is 0 Å². The van der Waals surface area contributed by atoms with Crippen LogP contribution in [0.2, 0.25) is 0 Å². The molecular weight excluding hydrogens is 206 g/mol. The Morgan fingerprint density at radius 3 is 2.06 bits per heavy atom. The number of hydrogen-bond acceptors (Lipinski definition) is 3. The molecule has 0 aliphatic carbocycles. The lowest BCUT2D eigenvalue weighted by molar-refractivity contribution is -0.114. The standard InChI is InChI=1S/C8H16N2O.C3H5NO/c1-10(2)7-5-3-4-6-8(9)11;1-2-3(4)5/h4,6H,3,5,7H2,1-2H3,(H2,9,11);2H,1H2,(H2,4,5). The lowest BCUT2D eigenvalue weighted by Gasteiger charge is -2.06. The van der Waals surface area contributed by atoms with Crippen molar-refractivity contribution in [1.29, 1.82) is 0 Å². The third-order valence-electron chi connectivity index (χ3n) is 1.46. The van der Waals surface area contributed by atoms with E-state index in [1.54, 1.807) is 0 Å². The number of rotatable bonds is 6. The fourth-order valence-electron chi connectivity index (χ4n) is 0.725. The number of allylic oxidation sites excluding steroid dienone is 1. The molecule has 5 heteroatoms. The second-order valence-corrected chi connectivity index (χ2v) is 3.36. The summed E-state index contributed by atoms with van der Waals surface area (Å²) in [6, 6.07) is 0. The van der Waals surface area contributed by atoms with Crippen molar-refractivity contribution in [1.82, 2.24) is 4.90 Å². The summed E-state index contributed by atoms with van der Waals surface area (Å²) in [4.78, 5) is 21.8. The Hall–Kier alpha value is -1.62. The van der Waals surface area contributed by atoms with E-state index in [1.165, 1.54) is 6.08 Å². The van der Waals surface area contributed by atoms with Crippen molar-refractivity contribution in [3.8, 4) is 0 Å². The minimum atomic E-state index is -0.481. The zero-order valence-electron chi connectivity index (χ0n) is 9.98. The molecule has 4 N–H and O–H groups in total. The van der Waals surface area contributed by atoms with Crippen molar-refractivity contribution in [3.05, 3.63) is 24.8 Å². The van der Waals surface area contributed by atoms with Crippen molar-refractivity contribution in [2.75, 3.05) is 20.6 Å². The first-order valence-electron chi connectivity index (χ1n) is 4.92. The summed E-state index contributed by atoms with van der Waals surface area (Å²) in [6.07, 6.45) is 6.26. The number of hydrogen-bond donors (Lipinski definition) is 2. The predicted octanol–water partition coefficient (Wildman–Crippen LogP) is 0.0274. The summed E-state index contributed by atoms with van der Waals surface area (Å²) >= 11 is 0. The first-order chi connectivity index (χ1) is 7.40. The molecule has 0 aromatic carbocycles. The summed E-state index contributed by atoms with van der Waals surface area (Å²) in [7, 11) is 4.05. The van der Waals surface area contributed by atoms with Crippen molar-refractivity contribution in [2.45, 2.75) is 12.8 Å². The number of carbonyl (C=O) groups excluding carboxylic acids is 2. The van der Waals surface area contributed by atoms with E-state index in [4.69, 9.17) is 5.73 Å². The van der Waals surface area contributed by atoms with Gasteiger partial charge in [0.2, 0.25) is 11.8 Å². The smallest absolute Gasteiger partial charge is 0.241 e. The lowest BCUT2D eigenvalue weighted by atomic mass is 10.3. The fraction of sp³-hybridized carbons (Fsp3) is 0.455. The normalized spacial score (nSPS) is 9.69.